The van der Waals surface area contributed by atoms with Gasteiger partial charge in [-0.25, -0.2) is 8.42 Å². The lowest BCUT2D eigenvalue weighted by atomic mass is 10.1. The molecule has 8 heteroatoms. The Labute approximate surface area is 172 Å². The van der Waals surface area contributed by atoms with E-state index >= 15 is 0 Å². The van der Waals surface area contributed by atoms with Crippen LogP contribution in [0.4, 0.5) is 5.69 Å². The quantitative estimate of drug-likeness (QED) is 0.639. The van der Waals surface area contributed by atoms with Crippen LogP contribution in [0.5, 0.6) is 11.5 Å². The van der Waals surface area contributed by atoms with E-state index in [0.29, 0.717) is 24.5 Å². The van der Waals surface area contributed by atoms with Gasteiger partial charge in [-0.1, -0.05) is 19.1 Å². The monoisotopic (exact) mass is 420 g/mol. The van der Waals surface area contributed by atoms with Crippen LogP contribution in [0.25, 0.3) is 0 Å². The summed E-state index contributed by atoms with van der Waals surface area (Å²) in [5.74, 6) is 0.965. The largest absolute Gasteiger partial charge is 0.497 e. The minimum atomic E-state index is -3.68. The minimum Gasteiger partial charge on any atom is -0.497 e. The van der Waals surface area contributed by atoms with Crippen LogP contribution in [0.3, 0.4) is 0 Å². The van der Waals surface area contributed by atoms with Crippen molar-refractivity contribution in [2.75, 3.05) is 24.3 Å². The second-order valence-electron chi connectivity index (χ2n) is 6.48. The van der Waals surface area contributed by atoms with Gasteiger partial charge >= 0.3 is 0 Å². The summed E-state index contributed by atoms with van der Waals surface area (Å²) < 4.78 is 36.7. The Morgan fingerprint density at radius 2 is 1.79 bits per heavy atom. The normalized spacial score (nSPS) is 12.1. The summed E-state index contributed by atoms with van der Waals surface area (Å²) in [4.78, 5) is 12.9. The lowest BCUT2D eigenvalue weighted by Crippen LogP contribution is -2.49. The molecule has 1 atom stereocenters. The zero-order valence-corrected chi connectivity index (χ0v) is 18.0. The van der Waals surface area contributed by atoms with Crippen molar-refractivity contribution in [3.63, 3.8) is 0 Å². The van der Waals surface area contributed by atoms with Crippen molar-refractivity contribution in [3.8, 4) is 11.5 Å². The number of nitrogens with zero attached hydrogens (tertiary/aromatic N) is 1. The van der Waals surface area contributed by atoms with Gasteiger partial charge in [0.25, 0.3) is 0 Å². The first kappa shape index (κ1) is 22.5. The third kappa shape index (κ3) is 6.12. The summed E-state index contributed by atoms with van der Waals surface area (Å²) in [7, 11) is -2.15. The maximum Gasteiger partial charge on any atom is 0.244 e. The van der Waals surface area contributed by atoms with Gasteiger partial charge < -0.3 is 14.8 Å². The predicted octanol–water partition coefficient (Wildman–Crippen LogP) is 2.95. The molecule has 158 valence electrons. The Bertz CT molecular complexity index is 913. The SMILES string of the molecule is CCOc1cccc(CNC(=O)C(CC)N(c2ccc(OC)cc2)S(C)(=O)=O)c1. The van der Waals surface area contributed by atoms with Crippen LogP contribution in [-0.4, -0.2) is 40.3 Å². The summed E-state index contributed by atoms with van der Waals surface area (Å²) in [5, 5.41) is 2.84. The molecule has 7 nitrogen and oxygen atoms in total. The van der Waals surface area contributed by atoms with E-state index in [1.807, 2.05) is 31.2 Å². The average molecular weight is 421 g/mol. The van der Waals surface area contributed by atoms with E-state index < -0.39 is 16.1 Å². The highest BCUT2D eigenvalue weighted by atomic mass is 32.2. The third-order valence-electron chi connectivity index (χ3n) is 4.33. The molecule has 0 fully saturated rings. The molecular formula is C21H28N2O5S. The zero-order chi connectivity index (χ0) is 21.4. The van der Waals surface area contributed by atoms with E-state index in [2.05, 4.69) is 5.32 Å². The first-order valence-electron chi connectivity index (χ1n) is 9.43. The Morgan fingerprint density at radius 1 is 1.10 bits per heavy atom. The predicted molar refractivity (Wildman–Crippen MR) is 114 cm³/mol. The van der Waals surface area contributed by atoms with Crippen LogP contribution < -0.4 is 19.1 Å². The van der Waals surface area contributed by atoms with Crippen LogP contribution in [0.1, 0.15) is 25.8 Å². The lowest BCUT2D eigenvalue weighted by Gasteiger charge is -2.30. The topological polar surface area (TPSA) is 84.9 Å². The van der Waals surface area contributed by atoms with E-state index in [4.69, 9.17) is 9.47 Å². The number of amides is 1. The highest BCUT2D eigenvalue weighted by Gasteiger charge is 2.31. The second kappa shape index (κ2) is 10.2. The van der Waals surface area contributed by atoms with E-state index in [0.717, 1.165) is 21.9 Å². The number of hydrogen-bond donors (Lipinski definition) is 1. The minimum absolute atomic E-state index is 0.274. The molecule has 0 spiro atoms. The number of anilines is 1. The molecule has 1 N–H and O–H groups in total. The summed E-state index contributed by atoms with van der Waals surface area (Å²) in [6, 6.07) is 13.1. The number of carbonyl (C=O) groups excluding carboxylic acids is 1. The van der Waals surface area contributed by atoms with Gasteiger partial charge in [0.2, 0.25) is 15.9 Å². The molecule has 1 unspecified atom stereocenters. The fraction of sp³-hybridized carbons (Fsp3) is 0.381. The van der Waals surface area contributed by atoms with Crippen molar-refractivity contribution in [1.82, 2.24) is 5.32 Å². The molecule has 0 radical (unpaired) electrons. The fourth-order valence-corrected chi connectivity index (χ4v) is 4.22. The van der Waals surface area contributed by atoms with Gasteiger partial charge in [0.15, 0.2) is 0 Å². The molecule has 0 aromatic heterocycles. The molecule has 2 aromatic carbocycles. The molecule has 29 heavy (non-hydrogen) atoms. The van der Waals surface area contributed by atoms with Gasteiger partial charge in [0.1, 0.15) is 17.5 Å². The first-order chi connectivity index (χ1) is 13.8. The number of methoxy groups -OCH3 is 1. The third-order valence-corrected chi connectivity index (χ3v) is 5.51. The van der Waals surface area contributed by atoms with Crippen LogP contribution in [0.15, 0.2) is 48.5 Å². The van der Waals surface area contributed by atoms with Crippen molar-refractivity contribution in [2.45, 2.75) is 32.9 Å². The highest BCUT2D eigenvalue weighted by Crippen LogP contribution is 2.25. The zero-order valence-electron chi connectivity index (χ0n) is 17.2. The Kier molecular flexibility index (Phi) is 7.90. The number of benzene rings is 2. The number of rotatable bonds is 10. The summed E-state index contributed by atoms with van der Waals surface area (Å²) in [5.41, 5.74) is 1.28. The van der Waals surface area contributed by atoms with Crippen molar-refractivity contribution in [3.05, 3.63) is 54.1 Å². The molecule has 0 aliphatic carbocycles. The van der Waals surface area contributed by atoms with Gasteiger partial charge in [-0.15, -0.1) is 0 Å². The van der Waals surface area contributed by atoms with Gasteiger partial charge in [-0.2, -0.15) is 0 Å². The molecule has 0 aliphatic rings. The molecular weight excluding hydrogens is 392 g/mol. The van der Waals surface area contributed by atoms with Crippen LogP contribution in [0, 0.1) is 0 Å². The van der Waals surface area contributed by atoms with Crippen molar-refractivity contribution in [2.24, 2.45) is 0 Å². The van der Waals surface area contributed by atoms with Gasteiger partial charge in [-0.3, -0.25) is 9.10 Å². The first-order valence-corrected chi connectivity index (χ1v) is 11.3. The Hall–Kier alpha value is -2.74. The molecule has 1 amide bonds. The average Bonchev–Trinajstić information content (AvgIpc) is 2.70. The van der Waals surface area contributed by atoms with Crippen molar-refractivity contribution < 1.29 is 22.7 Å². The van der Waals surface area contributed by atoms with E-state index in [-0.39, 0.29) is 12.5 Å². The number of carbonyl (C=O) groups is 1. The highest BCUT2D eigenvalue weighted by molar-refractivity contribution is 7.92. The number of ether oxygens (including phenoxy) is 2. The second-order valence-corrected chi connectivity index (χ2v) is 8.34. The molecule has 0 saturated carbocycles. The number of sulfonamides is 1. The maximum atomic E-state index is 12.9. The molecule has 2 aromatic rings. The molecule has 0 aliphatic heterocycles. The van der Waals surface area contributed by atoms with Crippen molar-refractivity contribution >= 4 is 21.6 Å². The van der Waals surface area contributed by atoms with Gasteiger partial charge in [0, 0.05) is 6.54 Å². The molecule has 0 bridgehead atoms. The Morgan fingerprint density at radius 3 is 2.34 bits per heavy atom. The standard InChI is InChI=1S/C21H28N2O5S/c1-5-20(21(24)22-15-16-8-7-9-19(14-16)28-6-2)23(29(4,25)26)17-10-12-18(27-3)13-11-17/h7-14,20H,5-6,15H2,1-4H3,(H,22,24). The summed E-state index contributed by atoms with van der Waals surface area (Å²) in [6.07, 6.45) is 1.42. The maximum absolute atomic E-state index is 12.9. The van der Waals surface area contributed by atoms with Gasteiger partial charge in [0.05, 0.1) is 25.7 Å². The Balaban J connectivity index is 2.20. The van der Waals surface area contributed by atoms with E-state index in [9.17, 15) is 13.2 Å². The molecule has 0 heterocycles. The van der Waals surface area contributed by atoms with Crippen LogP contribution in [-0.2, 0) is 21.4 Å². The van der Waals surface area contributed by atoms with Crippen LogP contribution >= 0.6 is 0 Å². The summed E-state index contributed by atoms with van der Waals surface area (Å²) in [6.45, 7) is 4.51. The smallest absolute Gasteiger partial charge is 0.244 e. The van der Waals surface area contributed by atoms with Crippen LogP contribution in [0.2, 0.25) is 0 Å². The summed E-state index contributed by atoms with van der Waals surface area (Å²) >= 11 is 0. The number of hydrogen-bond acceptors (Lipinski definition) is 5. The lowest BCUT2D eigenvalue weighted by molar-refractivity contribution is -0.122. The van der Waals surface area contributed by atoms with Gasteiger partial charge in [-0.05, 0) is 55.3 Å². The molecule has 0 saturated heterocycles. The van der Waals surface area contributed by atoms with E-state index in [1.54, 1.807) is 31.2 Å². The van der Waals surface area contributed by atoms with E-state index in [1.165, 1.54) is 7.11 Å². The fourth-order valence-electron chi connectivity index (χ4n) is 3.01. The number of nitrogens with one attached hydrogen (secondary N) is 1. The molecule has 2 rings (SSSR count). The van der Waals surface area contributed by atoms with Crippen molar-refractivity contribution in [1.29, 1.82) is 0 Å².